The van der Waals surface area contributed by atoms with E-state index in [1.165, 1.54) is 0 Å². The minimum absolute atomic E-state index is 0.0258. The van der Waals surface area contributed by atoms with Crippen LogP contribution in [0.25, 0.3) is 0 Å². The first kappa shape index (κ1) is 19.2. The Morgan fingerprint density at radius 2 is 1.75 bits per heavy atom. The number of hydrogen-bond donors (Lipinski definition) is 0. The van der Waals surface area contributed by atoms with Crippen LogP contribution in [-0.2, 0) is 14.3 Å². The molecule has 0 heterocycles. The van der Waals surface area contributed by atoms with Crippen LogP contribution >= 0.6 is 23.2 Å². The summed E-state index contributed by atoms with van der Waals surface area (Å²) in [7, 11) is 0. The SMILES string of the molecule is CCOC(C)OCC.O=CCOc1ccc(Cl)c(Cl)c1. The summed E-state index contributed by atoms with van der Waals surface area (Å²) in [4.78, 5) is 9.95. The van der Waals surface area contributed by atoms with Crippen LogP contribution in [0.2, 0.25) is 10.0 Å². The summed E-state index contributed by atoms with van der Waals surface area (Å²) in [5.74, 6) is 0.538. The Hall–Kier alpha value is -0.810. The molecule has 0 N–H and O–H groups in total. The van der Waals surface area contributed by atoms with Gasteiger partial charge in [0.05, 0.1) is 10.0 Å². The van der Waals surface area contributed by atoms with Crippen molar-refractivity contribution in [2.75, 3.05) is 19.8 Å². The lowest BCUT2D eigenvalue weighted by Gasteiger charge is -2.09. The number of carbonyl (C=O) groups is 1. The molecule has 6 heteroatoms. The smallest absolute Gasteiger partial charge is 0.157 e. The highest BCUT2D eigenvalue weighted by Crippen LogP contribution is 2.25. The third-order valence-electron chi connectivity index (χ3n) is 2.01. The summed E-state index contributed by atoms with van der Waals surface area (Å²) < 4.78 is 15.1. The van der Waals surface area contributed by atoms with Gasteiger partial charge in [-0.3, -0.25) is 4.79 Å². The third-order valence-corrected chi connectivity index (χ3v) is 2.75. The highest BCUT2D eigenvalue weighted by atomic mass is 35.5. The van der Waals surface area contributed by atoms with E-state index in [-0.39, 0.29) is 12.9 Å². The highest BCUT2D eigenvalue weighted by molar-refractivity contribution is 6.42. The summed E-state index contributed by atoms with van der Waals surface area (Å²) >= 11 is 11.4. The van der Waals surface area contributed by atoms with E-state index in [1.54, 1.807) is 18.2 Å². The van der Waals surface area contributed by atoms with Gasteiger partial charge in [-0.2, -0.15) is 0 Å². The summed E-state index contributed by atoms with van der Waals surface area (Å²) in [5.41, 5.74) is 0. The van der Waals surface area contributed by atoms with Gasteiger partial charge in [-0.15, -0.1) is 0 Å². The molecule has 0 saturated carbocycles. The second-order valence-electron chi connectivity index (χ2n) is 3.53. The van der Waals surface area contributed by atoms with Gasteiger partial charge in [0.2, 0.25) is 0 Å². The Kier molecular flexibility index (Phi) is 11.5. The number of ether oxygens (including phenoxy) is 3. The van der Waals surface area contributed by atoms with Crippen molar-refractivity contribution in [1.29, 1.82) is 0 Å². The number of aldehydes is 1. The Morgan fingerprint density at radius 3 is 2.20 bits per heavy atom. The van der Waals surface area contributed by atoms with Crippen LogP contribution in [-0.4, -0.2) is 32.4 Å². The summed E-state index contributed by atoms with van der Waals surface area (Å²) in [5, 5.41) is 0.884. The van der Waals surface area contributed by atoms with Gasteiger partial charge in [-0.05, 0) is 32.9 Å². The van der Waals surface area contributed by atoms with Crippen LogP contribution in [0.3, 0.4) is 0 Å². The molecule has 0 fully saturated rings. The molecular formula is C14H20Cl2O4. The predicted octanol–water partition coefficient (Wildman–Crippen LogP) is 3.98. The fourth-order valence-electron chi connectivity index (χ4n) is 1.21. The van der Waals surface area contributed by atoms with Gasteiger partial charge in [0.15, 0.2) is 12.6 Å². The maximum Gasteiger partial charge on any atom is 0.157 e. The molecule has 114 valence electrons. The molecule has 20 heavy (non-hydrogen) atoms. The first-order valence-electron chi connectivity index (χ1n) is 6.29. The molecule has 0 spiro atoms. The van der Waals surface area contributed by atoms with Crippen LogP contribution in [0, 0.1) is 0 Å². The summed E-state index contributed by atoms with van der Waals surface area (Å²) in [6.07, 6.45) is 0.632. The summed E-state index contributed by atoms with van der Waals surface area (Å²) in [6, 6.07) is 4.83. The lowest BCUT2D eigenvalue weighted by Crippen LogP contribution is -2.11. The second-order valence-corrected chi connectivity index (χ2v) is 4.35. The van der Waals surface area contributed by atoms with Crippen LogP contribution in [0.5, 0.6) is 5.75 Å². The predicted molar refractivity (Wildman–Crippen MR) is 80.7 cm³/mol. The Balaban J connectivity index is 0.000000396. The molecule has 0 aromatic heterocycles. The zero-order valence-electron chi connectivity index (χ0n) is 11.9. The van der Waals surface area contributed by atoms with Gasteiger partial charge in [-0.1, -0.05) is 23.2 Å². The Morgan fingerprint density at radius 1 is 1.15 bits per heavy atom. The van der Waals surface area contributed by atoms with Crippen molar-refractivity contribution < 1.29 is 19.0 Å². The van der Waals surface area contributed by atoms with Crippen LogP contribution in [0.1, 0.15) is 20.8 Å². The van der Waals surface area contributed by atoms with Gasteiger partial charge < -0.3 is 14.2 Å². The molecule has 0 amide bonds. The first-order valence-corrected chi connectivity index (χ1v) is 7.05. The van der Waals surface area contributed by atoms with Crippen LogP contribution in [0.4, 0.5) is 0 Å². The molecule has 1 aromatic rings. The molecule has 0 saturated heterocycles. The van der Waals surface area contributed by atoms with E-state index in [9.17, 15) is 4.79 Å². The monoisotopic (exact) mass is 322 g/mol. The Bertz CT molecular complexity index is 379. The number of rotatable bonds is 7. The minimum Gasteiger partial charge on any atom is -0.486 e. The van der Waals surface area contributed by atoms with Crippen LogP contribution in [0.15, 0.2) is 18.2 Å². The van der Waals surface area contributed by atoms with E-state index in [4.69, 9.17) is 37.4 Å². The van der Waals surface area contributed by atoms with E-state index < -0.39 is 0 Å². The number of carbonyl (C=O) groups excluding carboxylic acids is 1. The van der Waals surface area contributed by atoms with Crippen LogP contribution < -0.4 is 4.74 Å². The van der Waals surface area contributed by atoms with E-state index >= 15 is 0 Å². The topological polar surface area (TPSA) is 44.8 Å². The number of hydrogen-bond acceptors (Lipinski definition) is 4. The van der Waals surface area contributed by atoms with E-state index in [2.05, 4.69) is 0 Å². The van der Waals surface area contributed by atoms with Crippen molar-refractivity contribution in [2.45, 2.75) is 27.1 Å². The molecule has 0 radical (unpaired) electrons. The van der Waals surface area contributed by atoms with Gasteiger partial charge in [0, 0.05) is 19.3 Å². The molecule has 0 aliphatic carbocycles. The molecule has 0 atom stereocenters. The fraction of sp³-hybridized carbons (Fsp3) is 0.500. The fourth-order valence-corrected chi connectivity index (χ4v) is 1.50. The van der Waals surface area contributed by atoms with Gasteiger partial charge in [0.1, 0.15) is 12.4 Å². The maximum atomic E-state index is 9.95. The van der Waals surface area contributed by atoms with Crippen molar-refractivity contribution in [3.05, 3.63) is 28.2 Å². The minimum atomic E-state index is -0.0370. The lowest BCUT2D eigenvalue weighted by molar-refractivity contribution is -0.123. The van der Waals surface area contributed by atoms with Crippen molar-refractivity contribution in [3.8, 4) is 5.75 Å². The van der Waals surface area contributed by atoms with Crippen molar-refractivity contribution in [2.24, 2.45) is 0 Å². The maximum absolute atomic E-state index is 9.95. The molecular weight excluding hydrogens is 303 g/mol. The van der Waals surface area contributed by atoms with Crippen molar-refractivity contribution >= 4 is 29.5 Å². The van der Waals surface area contributed by atoms with Gasteiger partial charge in [-0.25, -0.2) is 0 Å². The highest BCUT2D eigenvalue weighted by Gasteiger charge is 1.99. The molecule has 1 aromatic carbocycles. The molecule has 4 nitrogen and oxygen atoms in total. The zero-order valence-corrected chi connectivity index (χ0v) is 13.4. The van der Waals surface area contributed by atoms with E-state index in [0.717, 1.165) is 13.2 Å². The molecule has 0 aliphatic rings. The Labute approximate surface area is 129 Å². The van der Waals surface area contributed by atoms with E-state index in [1.807, 2.05) is 20.8 Å². The number of halogens is 2. The average molecular weight is 323 g/mol. The summed E-state index contributed by atoms with van der Waals surface area (Å²) in [6.45, 7) is 7.28. The lowest BCUT2D eigenvalue weighted by atomic mass is 10.3. The zero-order chi connectivity index (χ0) is 15.4. The van der Waals surface area contributed by atoms with Crippen molar-refractivity contribution in [3.63, 3.8) is 0 Å². The second kappa shape index (κ2) is 12.0. The number of benzene rings is 1. The van der Waals surface area contributed by atoms with E-state index in [0.29, 0.717) is 22.1 Å². The van der Waals surface area contributed by atoms with Crippen molar-refractivity contribution in [1.82, 2.24) is 0 Å². The molecule has 0 unspecified atom stereocenters. The largest absolute Gasteiger partial charge is 0.486 e. The standard InChI is InChI=1S/C8H6Cl2O2.C6H14O2/c9-7-2-1-6(5-8(7)10)12-4-3-11;1-4-7-6(3)8-5-2/h1-3,5H,4H2;6H,4-5H2,1-3H3. The third kappa shape index (κ3) is 9.15. The quantitative estimate of drug-likeness (QED) is 0.562. The van der Waals surface area contributed by atoms with Gasteiger partial charge in [0.25, 0.3) is 0 Å². The van der Waals surface area contributed by atoms with Gasteiger partial charge >= 0.3 is 0 Å². The first-order chi connectivity index (χ1) is 9.54. The molecule has 0 aliphatic heterocycles. The molecule has 0 bridgehead atoms. The normalized spacial score (nSPS) is 9.90. The molecule has 1 rings (SSSR count). The average Bonchev–Trinajstić information content (AvgIpc) is 2.41.